The number of anilines is 3. The van der Waals surface area contributed by atoms with Crippen molar-refractivity contribution in [2.75, 3.05) is 22.7 Å². The van der Waals surface area contributed by atoms with Gasteiger partial charge in [0.2, 0.25) is 0 Å². The van der Waals surface area contributed by atoms with Gasteiger partial charge in [-0.2, -0.15) is 0 Å². The average Bonchev–Trinajstić information content (AvgIpc) is 2.75. The number of hydrazine groups is 1. The number of nitrogen functional groups attached to an aromatic ring is 1. The molecular weight excluding hydrogens is 406 g/mol. The normalized spacial score (nSPS) is 11.6. The van der Waals surface area contributed by atoms with E-state index < -0.39 is 17.7 Å². The van der Waals surface area contributed by atoms with Gasteiger partial charge in [0.25, 0.3) is 0 Å². The van der Waals surface area contributed by atoms with E-state index >= 15 is 0 Å². The zero-order valence-electron chi connectivity index (χ0n) is 16.8. The number of benzene rings is 2. The molecule has 160 valence electrons. The van der Waals surface area contributed by atoms with Gasteiger partial charge in [0, 0.05) is 41.8 Å². The lowest BCUT2D eigenvalue weighted by Gasteiger charge is -2.24. The molecule has 0 spiro atoms. The third-order valence-electron chi connectivity index (χ3n) is 4.69. The summed E-state index contributed by atoms with van der Waals surface area (Å²) in [5.41, 5.74) is 5.80. The van der Waals surface area contributed by atoms with Gasteiger partial charge in [-0.15, -0.1) is 0 Å². The summed E-state index contributed by atoms with van der Waals surface area (Å²) in [4.78, 5) is 29.9. The van der Waals surface area contributed by atoms with Crippen LogP contribution in [0.5, 0.6) is 0 Å². The van der Waals surface area contributed by atoms with Crippen molar-refractivity contribution in [2.24, 2.45) is 5.84 Å². The molecule has 0 bridgehead atoms. The van der Waals surface area contributed by atoms with Crippen LogP contribution < -0.4 is 26.8 Å². The first-order valence-corrected chi connectivity index (χ1v) is 9.07. The largest absolute Gasteiger partial charge is 0.397 e. The number of carbonyl (C=O) groups excluding carboxylic acids is 2. The van der Waals surface area contributed by atoms with Crippen LogP contribution in [0.15, 0.2) is 60.2 Å². The monoisotopic (exact) mass is 426 g/mol. The number of hydrogen-bond acceptors (Lipinski definition) is 6. The summed E-state index contributed by atoms with van der Waals surface area (Å²) >= 11 is 0. The highest BCUT2D eigenvalue weighted by Crippen LogP contribution is 2.27. The Morgan fingerprint density at radius 1 is 1.13 bits per heavy atom. The quantitative estimate of drug-likeness (QED) is 0.190. The number of pyridine rings is 1. The van der Waals surface area contributed by atoms with Crippen molar-refractivity contribution in [2.45, 2.75) is 6.92 Å². The molecule has 0 fully saturated rings. The van der Waals surface area contributed by atoms with Crippen LogP contribution in [-0.4, -0.2) is 24.3 Å². The second-order valence-electron chi connectivity index (χ2n) is 6.69. The van der Waals surface area contributed by atoms with E-state index in [1.807, 2.05) is 24.3 Å². The Morgan fingerprint density at radius 2 is 1.81 bits per heavy atom. The van der Waals surface area contributed by atoms with E-state index in [9.17, 15) is 18.4 Å². The first kappa shape index (κ1) is 21.7. The summed E-state index contributed by atoms with van der Waals surface area (Å²) in [5, 5.41) is 5.00. The van der Waals surface area contributed by atoms with E-state index in [4.69, 9.17) is 11.6 Å². The molecule has 0 atom stereocenters. The number of nitrogens with one attached hydrogen (secondary N) is 1. The van der Waals surface area contributed by atoms with E-state index in [1.165, 1.54) is 11.8 Å². The zero-order chi connectivity index (χ0) is 22.7. The maximum atomic E-state index is 13.6. The molecule has 31 heavy (non-hydrogen) atoms. The second kappa shape index (κ2) is 8.76. The lowest BCUT2D eigenvalue weighted by Crippen LogP contribution is -2.40. The second-order valence-corrected chi connectivity index (χ2v) is 6.69. The Kier molecular flexibility index (Phi) is 6.12. The summed E-state index contributed by atoms with van der Waals surface area (Å²) in [6.07, 6.45) is 3.59. The number of fused-ring (bicyclic) bond motifs is 1. The predicted molar refractivity (Wildman–Crippen MR) is 115 cm³/mol. The standard InChI is InChI=1S/C21H20F2N6O2/c1-12(20(11-30)29(25)18-8-16(23)15(22)7-17(18)24)27-21(31)28(2)19-10-26-9-13-5-3-4-6-14(13)19/h3-11H,24-25H2,1-2H3,(H,27,31)/b20-12+. The fourth-order valence-corrected chi connectivity index (χ4v) is 3.00. The molecule has 0 aliphatic heterocycles. The van der Waals surface area contributed by atoms with Crippen LogP contribution >= 0.6 is 0 Å². The Balaban J connectivity index is 1.89. The Labute approximate surface area is 176 Å². The number of aldehydes is 1. The first-order chi connectivity index (χ1) is 14.7. The van der Waals surface area contributed by atoms with Gasteiger partial charge in [0.1, 0.15) is 5.70 Å². The van der Waals surface area contributed by atoms with Crippen molar-refractivity contribution < 1.29 is 18.4 Å². The average molecular weight is 426 g/mol. The molecule has 0 saturated heterocycles. The zero-order valence-corrected chi connectivity index (χ0v) is 16.8. The third-order valence-corrected chi connectivity index (χ3v) is 4.69. The van der Waals surface area contributed by atoms with Crippen molar-refractivity contribution in [3.05, 3.63) is 71.8 Å². The first-order valence-electron chi connectivity index (χ1n) is 9.07. The van der Waals surface area contributed by atoms with Gasteiger partial charge in [-0.25, -0.2) is 19.4 Å². The Morgan fingerprint density at radius 3 is 2.52 bits per heavy atom. The molecule has 0 unspecified atom stereocenters. The summed E-state index contributed by atoms with van der Waals surface area (Å²) < 4.78 is 27.0. The van der Waals surface area contributed by atoms with Crippen LogP contribution in [0.1, 0.15) is 6.92 Å². The number of halogens is 2. The molecule has 10 heteroatoms. The van der Waals surface area contributed by atoms with Crippen LogP contribution in [0.25, 0.3) is 10.8 Å². The molecule has 1 heterocycles. The number of amides is 2. The molecule has 0 aliphatic rings. The van der Waals surface area contributed by atoms with Crippen LogP contribution in [0.4, 0.5) is 30.6 Å². The fraction of sp³-hybridized carbons (Fsp3) is 0.0952. The van der Waals surface area contributed by atoms with E-state index in [0.717, 1.165) is 27.9 Å². The SMILES string of the molecule is C/C(NC(=O)N(C)c1cncc2ccccc12)=C(/C=O)N(N)c1cc(F)c(F)cc1N. The molecule has 3 aromatic rings. The smallest absolute Gasteiger partial charge is 0.325 e. The van der Waals surface area contributed by atoms with Crippen molar-refractivity contribution >= 4 is 40.2 Å². The molecule has 1 aromatic heterocycles. The van der Waals surface area contributed by atoms with Gasteiger partial charge in [0.05, 0.1) is 23.3 Å². The molecule has 2 amide bonds. The summed E-state index contributed by atoms with van der Waals surface area (Å²) in [5.74, 6) is 3.57. The van der Waals surface area contributed by atoms with Gasteiger partial charge >= 0.3 is 6.03 Å². The van der Waals surface area contributed by atoms with Crippen molar-refractivity contribution in [3.8, 4) is 0 Å². The number of allylic oxidation sites excluding steroid dienone is 2. The van der Waals surface area contributed by atoms with Crippen LogP contribution in [0, 0.1) is 11.6 Å². The van der Waals surface area contributed by atoms with E-state index in [2.05, 4.69) is 10.3 Å². The molecule has 5 N–H and O–H groups in total. The van der Waals surface area contributed by atoms with Crippen molar-refractivity contribution in [3.63, 3.8) is 0 Å². The molecule has 8 nitrogen and oxygen atoms in total. The molecule has 0 saturated carbocycles. The van der Waals surface area contributed by atoms with Gasteiger partial charge in [-0.05, 0) is 6.92 Å². The van der Waals surface area contributed by atoms with Crippen molar-refractivity contribution in [1.82, 2.24) is 10.3 Å². The molecule has 2 aromatic carbocycles. The highest BCUT2D eigenvalue weighted by molar-refractivity contribution is 6.02. The van der Waals surface area contributed by atoms with E-state index in [-0.39, 0.29) is 22.8 Å². The third kappa shape index (κ3) is 4.28. The van der Waals surface area contributed by atoms with E-state index in [1.54, 1.807) is 19.4 Å². The summed E-state index contributed by atoms with van der Waals surface area (Å²) in [6.45, 7) is 1.44. The number of rotatable bonds is 5. The Bertz CT molecular complexity index is 1190. The Hall–Kier alpha value is -4.05. The maximum Gasteiger partial charge on any atom is 0.325 e. The van der Waals surface area contributed by atoms with Crippen LogP contribution in [0.2, 0.25) is 0 Å². The predicted octanol–water partition coefficient (Wildman–Crippen LogP) is 3.05. The lowest BCUT2D eigenvalue weighted by molar-refractivity contribution is -0.105. The minimum Gasteiger partial charge on any atom is -0.397 e. The summed E-state index contributed by atoms with van der Waals surface area (Å²) in [7, 11) is 1.54. The molecule has 0 radical (unpaired) electrons. The lowest BCUT2D eigenvalue weighted by atomic mass is 10.1. The highest BCUT2D eigenvalue weighted by atomic mass is 19.2. The van der Waals surface area contributed by atoms with Gasteiger partial charge in [-0.3, -0.25) is 19.7 Å². The van der Waals surface area contributed by atoms with Gasteiger partial charge in [-0.1, -0.05) is 24.3 Å². The number of aromatic nitrogens is 1. The topological polar surface area (TPSA) is 118 Å². The van der Waals surface area contributed by atoms with E-state index in [0.29, 0.717) is 12.0 Å². The number of carbonyl (C=O) groups is 2. The van der Waals surface area contributed by atoms with Crippen molar-refractivity contribution in [1.29, 1.82) is 0 Å². The number of urea groups is 1. The minimum absolute atomic E-state index is 0.0756. The van der Waals surface area contributed by atoms with Crippen LogP contribution in [0.3, 0.4) is 0 Å². The molecular formula is C21H20F2N6O2. The van der Waals surface area contributed by atoms with Gasteiger partial charge in [0.15, 0.2) is 17.9 Å². The van der Waals surface area contributed by atoms with Crippen LogP contribution in [-0.2, 0) is 4.79 Å². The summed E-state index contributed by atoms with van der Waals surface area (Å²) in [6, 6.07) is 8.36. The minimum atomic E-state index is -1.19. The maximum absolute atomic E-state index is 13.6. The molecule has 0 aliphatic carbocycles. The number of hydrogen-bond donors (Lipinski definition) is 3. The number of nitrogens with zero attached hydrogens (tertiary/aromatic N) is 3. The highest BCUT2D eigenvalue weighted by Gasteiger charge is 2.20. The molecule has 3 rings (SSSR count). The van der Waals surface area contributed by atoms with Gasteiger partial charge < -0.3 is 11.1 Å². The fourth-order valence-electron chi connectivity index (χ4n) is 3.00. The number of nitrogens with two attached hydrogens (primary N) is 2.